The van der Waals surface area contributed by atoms with E-state index in [-0.39, 0.29) is 0 Å². The highest BCUT2D eigenvalue weighted by molar-refractivity contribution is 5.98. The van der Waals surface area contributed by atoms with Crippen molar-refractivity contribution in [3.05, 3.63) is 18.2 Å². The number of aliphatic imine (C=N–C) groups is 2. The minimum Gasteiger partial charge on any atom is -0.480 e. The van der Waals surface area contributed by atoms with Crippen molar-refractivity contribution in [1.82, 2.24) is 0 Å². The summed E-state index contributed by atoms with van der Waals surface area (Å²) in [7, 11) is 1.58. The Balaban J connectivity index is 2.93. The van der Waals surface area contributed by atoms with Gasteiger partial charge in [0.2, 0.25) is 5.88 Å². The summed E-state index contributed by atoms with van der Waals surface area (Å²) in [6.45, 7) is 4.14. The van der Waals surface area contributed by atoms with Gasteiger partial charge in [-0.15, -0.1) is 0 Å². The number of hydrogen-bond acceptors (Lipinski definition) is 3. The van der Waals surface area contributed by atoms with Crippen LogP contribution in [-0.4, -0.2) is 18.7 Å². The van der Waals surface area contributed by atoms with Gasteiger partial charge >= 0.3 is 0 Å². The first kappa shape index (κ1) is 8.75. The molecule has 0 aromatic carbocycles. The van der Waals surface area contributed by atoms with Crippen LogP contribution in [0.3, 0.4) is 0 Å². The van der Waals surface area contributed by atoms with Crippen LogP contribution in [-0.2, 0) is 4.74 Å². The Morgan fingerprint density at radius 3 is 2.83 bits per heavy atom. The molecule has 3 heteroatoms. The van der Waals surface area contributed by atoms with E-state index in [0.717, 1.165) is 5.71 Å². The maximum absolute atomic E-state index is 4.98. The molecule has 0 N–H and O–H groups in total. The molecule has 1 rings (SSSR count). The van der Waals surface area contributed by atoms with Gasteiger partial charge in [-0.25, -0.2) is 0 Å². The molecule has 0 bridgehead atoms. The molecule has 0 aliphatic carbocycles. The fraction of sp³-hybridized carbons (Fsp3) is 0.444. The summed E-state index contributed by atoms with van der Waals surface area (Å²) in [5.41, 5.74) is 0.959. The van der Waals surface area contributed by atoms with Gasteiger partial charge < -0.3 is 4.74 Å². The maximum atomic E-state index is 4.98. The summed E-state index contributed by atoms with van der Waals surface area (Å²) in [6.07, 6.45) is 3.37. The highest BCUT2D eigenvalue weighted by atomic mass is 16.5. The van der Waals surface area contributed by atoms with E-state index >= 15 is 0 Å². The minimum absolute atomic E-state index is 0.376. The largest absolute Gasteiger partial charge is 0.480 e. The summed E-state index contributed by atoms with van der Waals surface area (Å²) in [4.78, 5) is 8.04. The molecule has 0 fully saturated rings. The second kappa shape index (κ2) is 3.88. The third-order valence-corrected chi connectivity index (χ3v) is 1.52. The van der Waals surface area contributed by atoms with Crippen LogP contribution in [0.1, 0.15) is 13.8 Å². The van der Waals surface area contributed by atoms with Crippen molar-refractivity contribution in [3.63, 3.8) is 0 Å². The van der Waals surface area contributed by atoms with Crippen LogP contribution in [0.4, 0.5) is 0 Å². The molecular formula is C9H12N2O. The molecule has 0 aromatic heterocycles. The van der Waals surface area contributed by atoms with E-state index in [0.29, 0.717) is 11.8 Å². The molecular weight excluding hydrogens is 152 g/mol. The summed E-state index contributed by atoms with van der Waals surface area (Å²) < 4.78 is 4.98. The zero-order valence-corrected chi connectivity index (χ0v) is 7.53. The lowest BCUT2D eigenvalue weighted by atomic mass is 10.1. The molecule has 64 valence electrons. The molecule has 12 heavy (non-hydrogen) atoms. The monoisotopic (exact) mass is 164 g/mol. The molecule has 0 saturated heterocycles. The molecule has 1 heterocycles. The van der Waals surface area contributed by atoms with Crippen LogP contribution < -0.4 is 0 Å². The molecule has 1 aliphatic heterocycles. The Labute approximate surface area is 72.2 Å². The Morgan fingerprint density at radius 2 is 2.25 bits per heavy atom. The molecule has 0 amide bonds. The van der Waals surface area contributed by atoms with Crippen LogP contribution >= 0.6 is 0 Å². The van der Waals surface area contributed by atoms with Gasteiger partial charge in [-0.05, 0) is 5.92 Å². The normalized spacial score (nSPS) is 15.7. The molecule has 0 unspecified atom stereocenters. The lowest BCUT2D eigenvalue weighted by Gasteiger charge is -2.03. The predicted octanol–water partition coefficient (Wildman–Crippen LogP) is 1.77. The Kier molecular flexibility index (Phi) is 2.83. The Bertz CT molecular complexity index is 281. The van der Waals surface area contributed by atoms with Crippen molar-refractivity contribution >= 4 is 11.6 Å². The zero-order chi connectivity index (χ0) is 8.97. The summed E-state index contributed by atoms with van der Waals surface area (Å²) in [6, 6.07) is 0. The molecule has 0 radical (unpaired) electrons. The van der Waals surface area contributed by atoms with Gasteiger partial charge in [0.05, 0.1) is 13.3 Å². The average molecular weight is 164 g/mol. The summed E-state index contributed by atoms with van der Waals surface area (Å²) in [5, 5.41) is 0. The molecule has 0 atom stereocenters. The second-order valence-electron chi connectivity index (χ2n) is 2.77. The number of ether oxygens (including phenoxy) is 1. The van der Waals surface area contributed by atoms with Gasteiger partial charge in [-0.1, -0.05) is 13.8 Å². The average Bonchev–Trinajstić information content (AvgIpc) is 2.28. The van der Waals surface area contributed by atoms with E-state index in [1.54, 1.807) is 13.3 Å². The first-order valence-electron chi connectivity index (χ1n) is 3.85. The van der Waals surface area contributed by atoms with Crippen LogP contribution in [0.2, 0.25) is 0 Å². The van der Waals surface area contributed by atoms with Crippen LogP contribution in [0.25, 0.3) is 0 Å². The number of allylic oxidation sites excluding steroid dienone is 1. The van der Waals surface area contributed by atoms with Gasteiger partial charge in [0.25, 0.3) is 0 Å². The van der Waals surface area contributed by atoms with Gasteiger partial charge in [0.1, 0.15) is 0 Å². The van der Waals surface area contributed by atoms with Gasteiger partial charge in [0.15, 0.2) is 0 Å². The van der Waals surface area contributed by atoms with Crippen molar-refractivity contribution in [2.24, 2.45) is 15.9 Å². The van der Waals surface area contributed by atoms with Crippen molar-refractivity contribution in [2.45, 2.75) is 13.8 Å². The zero-order valence-electron chi connectivity index (χ0n) is 7.53. The number of methoxy groups -OCH3 is 1. The van der Waals surface area contributed by atoms with Crippen molar-refractivity contribution in [1.29, 1.82) is 0 Å². The van der Waals surface area contributed by atoms with E-state index in [4.69, 9.17) is 4.74 Å². The highest BCUT2D eigenvalue weighted by Gasteiger charge is 2.04. The van der Waals surface area contributed by atoms with E-state index in [2.05, 4.69) is 29.7 Å². The fourth-order valence-corrected chi connectivity index (χ4v) is 0.812. The van der Waals surface area contributed by atoms with E-state index < -0.39 is 0 Å². The first-order valence-corrected chi connectivity index (χ1v) is 3.85. The van der Waals surface area contributed by atoms with E-state index in [9.17, 15) is 0 Å². The quantitative estimate of drug-likeness (QED) is 0.612. The first-order chi connectivity index (χ1) is 5.74. The molecule has 0 saturated carbocycles. The lowest BCUT2D eigenvalue weighted by Crippen LogP contribution is -2.04. The molecule has 0 spiro atoms. The second-order valence-corrected chi connectivity index (χ2v) is 2.77. The standard InChI is InChI=1S/C9H12N2O/c1-7(2)8-6-9(12-3)11-5-4-10-8/h4,6-7H,1-3H3. The Hall–Kier alpha value is -1.34. The summed E-state index contributed by atoms with van der Waals surface area (Å²) >= 11 is 0. The third kappa shape index (κ3) is 2.07. The van der Waals surface area contributed by atoms with Gasteiger partial charge in [-0.3, -0.25) is 4.99 Å². The topological polar surface area (TPSA) is 34.0 Å². The molecule has 0 aromatic rings. The minimum atomic E-state index is 0.376. The SMILES string of the molecule is COC1=CC(C(C)C)=NC=C=N1. The highest BCUT2D eigenvalue weighted by Crippen LogP contribution is 2.06. The van der Waals surface area contributed by atoms with Crippen molar-refractivity contribution in [2.75, 3.05) is 7.11 Å². The van der Waals surface area contributed by atoms with Gasteiger partial charge in [-0.2, -0.15) is 4.99 Å². The Morgan fingerprint density at radius 1 is 1.50 bits per heavy atom. The van der Waals surface area contributed by atoms with Crippen molar-refractivity contribution < 1.29 is 4.74 Å². The summed E-state index contributed by atoms with van der Waals surface area (Å²) in [5.74, 6) is 3.58. The number of rotatable bonds is 2. The van der Waals surface area contributed by atoms with Crippen molar-refractivity contribution in [3.8, 4) is 0 Å². The van der Waals surface area contributed by atoms with Crippen LogP contribution in [0.15, 0.2) is 28.1 Å². The van der Waals surface area contributed by atoms with Gasteiger partial charge in [0, 0.05) is 17.7 Å². The van der Waals surface area contributed by atoms with Crippen LogP contribution in [0, 0.1) is 5.92 Å². The van der Waals surface area contributed by atoms with E-state index in [1.165, 1.54) is 0 Å². The van der Waals surface area contributed by atoms with Crippen LogP contribution in [0.5, 0.6) is 0 Å². The lowest BCUT2D eigenvalue weighted by molar-refractivity contribution is 0.289. The maximum Gasteiger partial charge on any atom is 0.223 e. The molecule has 3 nitrogen and oxygen atoms in total. The predicted molar refractivity (Wildman–Crippen MR) is 49.4 cm³/mol. The van der Waals surface area contributed by atoms with E-state index in [1.807, 2.05) is 6.08 Å². The molecule has 1 aliphatic rings. The number of nitrogens with zero attached hydrogens (tertiary/aromatic N) is 2. The third-order valence-electron chi connectivity index (χ3n) is 1.52. The number of hydrogen-bond donors (Lipinski definition) is 0. The fourth-order valence-electron chi connectivity index (χ4n) is 0.812. The smallest absolute Gasteiger partial charge is 0.223 e.